The van der Waals surface area contributed by atoms with E-state index in [4.69, 9.17) is 0 Å². The number of amides is 1. The summed E-state index contributed by atoms with van der Waals surface area (Å²) in [6.07, 6.45) is 6.27. The maximum atomic E-state index is 12.0. The Morgan fingerprint density at radius 1 is 1.19 bits per heavy atom. The van der Waals surface area contributed by atoms with Crippen LogP contribution >= 0.6 is 0 Å². The maximum absolute atomic E-state index is 12.0. The highest BCUT2D eigenvalue weighted by molar-refractivity contribution is 5.95. The second-order valence-corrected chi connectivity index (χ2v) is 5.18. The van der Waals surface area contributed by atoms with Crippen LogP contribution in [0.2, 0.25) is 0 Å². The SMILES string of the molecule is O=C(Nc1ccccc1)C1CC12CCCC2. The molecule has 2 saturated carbocycles. The molecule has 1 aromatic rings. The van der Waals surface area contributed by atoms with E-state index in [1.54, 1.807) is 0 Å². The molecule has 3 rings (SSSR count). The molecule has 2 aliphatic carbocycles. The first-order valence-electron chi connectivity index (χ1n) is 6.16. The second kappa shape index (κ2) is 3.62. The third-order valence-electron chi connectivity index (χ3n) is 4.15. The quantitative estimate of drug-likeness (QED) is 0.806. The molecule has 1 N–H and O–H groups in total. The van der Waals surface area contributed by atoms with Crippen LogP contribution in [-0.4, -0.2) is 5.91 Å². The highest BCUT2D eigenvalue weighted by atomic mass is 16.2. The number of para-hydroxylation sites is 1. The standard InChI is InChI=1S/C14H17NO/c16-13(15-11-6-2-1-3-7-11)12-10-14(12)8-4-5-9-14/h1-3,6-7,12H,4-5,8-10H2,(H,15,16). The number of rotatable bonds is 2. The normalized spacial score (nSPS) is 25.6. The molecule has 1 aromatic carbocycles. The summed E-state index contributed by atoms with van der Waals surface area (Å²) < 4.78 is 0. The van der Waals surface area contributed by atoms with Gasteiger partial charge in [-0.25, -0.2) is 0 Å². The zero-order valence-corrected chi connectivity index (χ0v) is 9.41. The van der Waals surface area contributed by atoms with Gasteiger partial charge in [-0.05, 0) is 36.8 Å². The fourth-order valence-corrected chi connectivity index (χ4v) is 3.10. The van der Waals surface area contributed by atoms with Crippen LogP contribution in [0, 0.1) is 11.3 Å². The summed E-state index contributed by atoms with van der Waals surface area (Å²) >= 11 is 0. The van der Waals surface area contributed by atoms with Gasteiger partial charge >= 0.3 is 0 Å². The molecule has 0 aromatic heterocycles. The zero-order valence-electron chi connectivity index (χ0n) is 9.41. The molecule has 0 bridgehead atoms. The Kier molecular flexibility index (Phi) is 2.23. The molecule has 84 valence electrons. The number of hydrogen-bond acceptors (Lipinski definition) is 1. The molecule has 0 radical (unpaired) electrons. The predicted molar refractivity (Wildman–Crippen MR) is 64.1 cm³/mol. The molecule has 0 aliphatic heterocycles. The lowest BCUT2D eigenvalue weighted by molar-refractivity contribution is -0.118. The van der Waals surface area contributed by atoms with Crippen LogP contribution < -0.4 is 5.32 Å². The molecule has 2 aliphatic rings. The van der Waals surface area contributed by atoms with Crippen molar-refractivity contribution in [3.8, 4) is 0 Å². The topological polar surface area (TPSA) is 29.1 Å². The number of anilines is 1. The van der Waals surface area contributed by atoms with Crippen molar-refractivity contribution in [3.63, 3.8) is 0 Å². The van der Waals surface area contributed by atoms with Crippen molar-refractivity contribution in [2.24, 2.45) is 11.3 Å². The van der Waals surface area contributed by atoms with Crippen LogP contribution in [0.25, 0.3) is 0 Å². The van der Waals surface area contributed by atoms with E-state index in [1.807, 2.05) is 30.3 Å². The monoisotopic (exact) mass is 215 g/mol. The molecule has 1 spiro atoms. The third kappa shape index (κ3) is 1.62. The lowest BCUT2D eigenvalue weighted by Crippen LogP contribution is -2.17. The summed E-state index contributed by atoms with van der Waals surface area (Å²) in [6.45, 7) is 0. The first-order chi connectivity index (χ1) is 7.80. The van der Waals surface area contributed by atoms with Gasteiger partial charge in [0.15, 0.2) is 0 Å². The number of carbonyl (C=O) groups is 1. The molecule has 2 heteroatoms. The molecule has 16 heavy (non-hydrogen) atoms. The summed E-state index contributed by atoms with van der Waals surface area (Å²) in [5.74, 6) is 0.517. The fourth-order valence-electron chi connectivity index (χ4n) is 3.10. The molecule has 2 nitrogen and oxygen atoms in total. The van der Waals surface area contributed by atoms with Crippen LogP contribution in [0.5, 0.6) is 0 Å². The third-order valence-corrected chi connectivity index (χ3v) is 4.15. The predicted octanol–water partition coefficient (Wildman–Crippen LogP) is 3.21. The van der Waals surface area contributed by atoms with Crippen LogP contribution in [0.1, 0.15) is 32.1 Å². The Bertz CT molecular complexity index is 392. The Morgan fingerprint density at radius 3 is 2.56 bits per heavy atom. The summed E-state index contributed by atoms with van der Waals surface area (Å²) in [7, 11) is 0. The largest absolute Gasteiger partial charge is 0.326 e. The van der Waals surface area contributed by atoms with E-state index in [-0.39, 0.29) is 11.8 Å². The van der Waals surface area contributed by atoms with Gasteiger partial charge in [-0.1, -0.05) is 31.0 Å². The highest BCUT2D eigenvalue weighted by Crippen LogP contribution is 2.62. The van der Waals surface area contributed by atoms with Crippen molar-refractivity contribution < 1.29 is 4.79 Å². The van der Waals surface area contributed by atoms with Crippen LogP contribution in [0.3, 0.4) is 0 Å². The van der Waals surface area contributed by atoms with Crippen LogP contribution in [-0.2, 0) is 4.79 Å². The molecule has 0 heterocycles. The van der Waals surface area contributed by atoms with E-state index in [1.165, 1.54) is 25.7 Å². The summed E-state index contributed by atoms with van der Waals surface area (Å²) in [4.78, 5) is 12.0. The number of hydrogen-bond donors (Lipinski definition) is 1. The van der Waals surface area contributed by atoms with Gasteiger partial charge in [0.2, 0.25) is 5.91 Å². The molecule has 2 fully saturated rings. The minimum absolute atomic E-state index is 0.230. The Labute approximate surface area is 96.1 Å². The van der Waals surface area contributed by atoms with E-state index in [0.717, 1.165) is 12.1 Å². The smallest absolute Gasteiger partial charge is 0.228 e. The summed E-state index contributed by atoms with van der Waals surface area (Å²) in [5.41, 5.74) is 1.33. The average Bonchev–Trinajstić information content (AvgIpc) is 2.79. The van der Waals surface area contributed by atoms with Gasteiger partial charge in [-0.3, -0.25) is 4.79 Å². The highest BCUT2D eigenvalue weighted by Gasteiger charge is 2.58. The Hall–Kier alpha value is -1.31. The number of nitrogens with one attached hydrogen (secondary N) is 1. The van der Waals surface area contributed by atoms with Gasteiger partial charge in [-0.2, -0.15) is 0 Å². The molecule has 1 atom stereocenters. The Morgan fingerprint density at radius 2 is 1.88 bits per heavy atom. The molecular weight excluding hydrogens is 198 g/mol. The van der Waals surface area contributed by atoms with Gasteiger partial charge in [0.25, 0.3) is 0 Å². The zero-order chi connectivity index (χ0) is 11.0. The van der Waals surface area contributed by atoms with Gasteiger partial charge in [0.05, 0.1) is 0 Å². The van der Waals surface area contributed by atoms with Gasteiger partial charge in [0.1, 0.15) is 0 Å². The van der Waals surface area contributed by atoms with Crippen molar-refractivity contribution in [2.45, 2.75) is 32.1 Å². The number of carbonyl (C=O) groups excluding carboxylic acids is 1. The number of benzene rings is 1. The van der Waals surface area contributed by atoms with Gasteiger partial charge < -0.3 is 5.32 Å². The minimum atomic E-state index is 0.230. The Balaban J connectivity index is 1.63. The lowest BCUT2D eigenvalue weighted by atomic mass is 10.0. The van der Waals surface area contributed by atoms with Gasteiger partial charge in [-0.15, -0.1) is 0 Å². The summed E-state index contributed by atoms with van der Waals surface area (Å²) in [5, 5.41) is 3.02. The van der Waals surface area contributed by atoms with E-state index in [0.29, 0.717) is 5.41 Å². The van der Waals surface area contributed by atoms with E-state index >= 15 is 0 Å². The van der Waals surface area contributed by atoms with Crippen molar-refractivity contribution in [1.29, 1.82) is 0 Å². The average molecular weight is 215 g/mol. The van der Waals surface area contributed by atoms with Gasteiger partial charge in [0, 0.05) is 11.6 Å². The van der Waals surface area contributed by atoms with Crippen molar-refractivity contribution in [2.75, 3.05) is 5.32 Å². The molecule has 0 saturated heterocycles. The first kappa shape index (κ1) is 9.88. The van der Waals surface area contributed by atoms with Crippen LogP contribution in [0.15, 0.2) is 30.3 Å². The van der Waals surface area contributed by atoms with Crippen molar-refractivity contribution in [1.82, 2.24) is 0 Å². The molecule has 1 amide bonds. The second-order valence-electron chi connectivity index (χ2n) is 5.18. The first-order valence-corrected chi connectivity index (χ1v) is 6.16. The molecule has 1 unspecified atom stereocenters. The van der Waals surface area contributed by atoms with E-state index < -0.39 is 0 Å². The van der Waals surface area contributed by atoms with E-state index in [9.17, 15) is 4.79 Å². The van der Waals surface area contributed by atoms with E-state index in [2.05, 4.69) is 5.32 Å². The van der Waals surface area contributed by atoms with Crippen LogP contribution in [0.4, 0.5) is 5.69 Å². The summed E-state index contributed by atoms with van der Waals surface area (Å²) in [6, 6.07) is 9.76. The minimum Gasteiger partial charge on any atom is -0.326 e. The fraction of sp³-hybridized carbons (Fsp3) is 0.500. The lowest BCUT2D eigenvalue weighted by Gasteiger charge is -2.08. The van der Waals surface area contributed by atoms with Crippen molar-refractivity contribution in [3.05, 3.63) is 30.3 Å². The maximum Gasteiger partial charge on any atom is 0.228 e. The molecular formula is C14H17NO. The van der Waals surface area contributed by atoms with Crippen molar-refractivity contribution >= 4 is 11.6 Å².